The fourth-order valence-corrected chi connectivity index (χ4v) is 4.41. The number of benzene rings is 1. The van der Waals surface area contributed by atoms with Crippen LogP contribution >= 0.6 is 10.3 Å². The molecular weight excluding hydrogens is 239 g/mol. The van der Waals surface area contributed by atoms with E-state index in [0.29, 0.717) is 0 Å². The molecule has 6 heteroatoms. The van der Waals surface area contributed by atoms with E-state index < -0.39 is 26.4 Å². The third kappa shape index (κ3) is 3.48. The molecule has 0 aromatic heterocycles. The molecule has 3 nitrogen and oxygen atoms in total. The summed E-state index contributed by atoms with van der Waals surface area (Å²) in [5.41, 5.74) is 0. The van der Waals surface area contributed by atoms with E-state index in [4.69, 9.17) is 3.63 Å². The van der Waals surface area contributed by atoms with Gasteiger partial charge in [-0.1, -0.05) is 28.5 Å². The Kier molecular flexibility index (Phi) is 3.75. The van der Waals surface area contributed by atoms with Crippen LogP contribution in [0.1, 0.15) is 0 Å². The van der Waals surface area contributed by atoms with Crippen LogP contribution in [0.15, 0.2) is 35.2 Å². The Bertz CT molecular complexity index is 414. The maximum Gasteiger partial charge on any atom is 0.306 e. The van der Waals surface area contributed by atoms with Gasteiger partial charge in [0.2, 0.25) is 6.01 Å². The van der Waals surface area contributed by atoms with E-state index in [-0.39, 0.29) is 0 Å². The first-order valence-electron chi connectivity index (χ1n) is 4.15. The van der Waals surface area contributed by atoms with Crippen molar-refractivity contribution in [3.05, 3.63) is 30.3 Å². The summed E-state index contributed by atoms with van der Waals surface area (Å²) < 4.78 is 39.0. The highest BCUT2D eigenvalue weighted by molar-refractivity contribution is 8.32. The second-order valence-electron chi connectivity index (χ2n) is 3.28. The smallest absolute Gasteiger partial charge is 0.231 e. The summed E-state index contributed by atoms with van der Waals surface area (Å²) in [6.45, 7) is 0. The van der Waals surface area contributed by atoms with Gasteiger partial charge in [0, 0.05) is 4.90 Å². The second kappa shape index (κ2) is 4.51. The fraction of sp³-hybridized carbons (Fsp3) is 0.333. The van der Waals surface area contributed by atoms with Gasteiger partial charge in [-0.25, -0.2) is 8.02 Å². The zero-order valence-electron chi connectivity index (χ0n) is 8.51. The number of hydrogen-bond donors (Lipinski definition) is 0. The Morgan fingerprint density at radius 1 is 1.20 bits per heavy atom. The van der Waals surface area contributed by atoms with Crippen molar-refractivity contribution in [3.8, 4) is 0 Å². The lowest BCUT2D eigenvalue weighted by Crippen LogP contribution is -2.11. The largest absolute Gasteiger partial charge is 0.306 e. The highest BCUT2D eigenvalue weighted by Gasteiger charge is 2.23. The number of halogens is 1. The minimum atomic E-state index is -4.05. The summed E-state index contributed by atoms with van der Waals surface area (Å²) >= 11 is 0. The second-order valence-corrected chi connectivity index (χ2v) is 8.10. The maximum atomic E-state index is 12.1. The molecule has 0 fully saturated rings. The Morgan fingerprint density at radius 2 is 1.73 bits per heavy atom. The fourth-order valence-electron chi connectivity index (χ4n) is 1.06. The van der Waals surface area contributed by atoms with Crippen LogP contribution in [0.4, 0.5) is 4.39 Å². The lowest BCUT2D eigenvalue weighted by atomic mass is 10.4. The molecular formula is C9H13FO3S2. The average molecular weight is 252 g/mol. The molecule has 0 aliphatic heterocycles. The summed E-state index contributed by atoms with van der Waals surface area (Å²) in [5.74, 6) is 0. The van der Waals surface area contributed by atoms with E-state index in [1.165, 1.54) is 0 Å². The summed E-state index contributed by atoms with van der Waals surface area (Å²) in [5, 5.41) is 0. The van der Waals surface area contributed by atoms with Gasteiger partial charge in [0.25, 0.3) is 0 Å². The van der Waals surface area contributed by atoms with Gasteiger partial charge >= 0.3 is 10.1 Å². The van der Waals surface area contributed by atoms with Crippen LogP contribution in [-0.4, -0.2) is 26.9 Å². The molecule has 0 radical (unpaired) electrons. The van der Waals surface area contributed by atoms with Gasteiger partial charge in [0.1, 0.15) is 0 Å². The van der Waals surface area contributed by atoms with E-state index in [1.54, 1.807) is 36.8 Å². The van der Waals surface area contributed by atoms with E-state index in [9.17, 15) is 12.8 Å². The Balaban J connectivity index is 2.95. The van der Waals surface area contributed by atoms with Crippen molar-refractivity contribution in [1.29, 1.82) is 0 Å². The SMILES string of the molecule is CS(C)(OS(=O)(=O)CF)c1ccccc1. The molecule has 1 aromatic rings. The summed E-state index contributed by atoms with van der Waals surface area (Å²) in [7, 11) is -6.01. The average Bonchev–Trinajstić information content (AvgIpc) is 2.18. The van der Waals surface area contributed by atoms with E-state index in [0.717, 1.165) is 4.90 Å². The first kappa shape index (κ1) is 12.5. The molecule has 0 spiro atoms. The van der Waals surface area contributed by atoms with Crippen LogP contribution < -0.4 is 0 Å². The van der Waals surface area contributed by atoms with Crippen LogP contribution in [-0.2, 0) is 13.7 Å². The van der Waals surface area contributed by atoms with Gasteiger partial charge in [-0.15, -0.1) is 0 Å². The lowest BCUT2D eigenvalue weighted by Gasteiger charge is -2.29. The Morgan fingerprint density at radius 3 is 2.20 bits per heavy atom. The van der Waals surface area contributed by atoms with Crippen LogP contribution in [0.5, 0.6) is 0 Å². The van der Waals surface area contributed by atoms with Gasteiger partial charge in [-0.05, 0) is 24.6 Å². The summed E-state index contributed by atoms with van der Waals surface area (Å²) in [6.07, 6.45) is 3.32. The Hall–Kier alpha value is -0.590. The molecule has 1 aromatic carbocycles. The lowest BCUT2D eigenvalue weighted by molar-refractivity contribution is 0.470. The van der Waals surface area contributed by atoms with E-state index in [1.807, 2.05) is 6.07 Å². The van der Waals surface area contributed by atoms with Crippen molar-refractivity contribution in [2.24, 2.45) is 0 Å². The van der Waals surface area contributed by atoms with Crippen molar-refractivity contribution in [2.75, 3.05) is 18.5 Å². The molecule has 0 saturated carbocycles. The summed E-state index contributed by atoms with van der Waals surface area (Å²) in [6, 6.07) is 7.44. The van der Waals surface area contributed by atoms with Crippen molar-refractivity contribution < 1.29 is 16.4 Å². The molecule has 0 aliphatic rings. The molecule has 0 saturated heterocycles. The molecule has 15 heavy (non-hydrogen) atoms. The monoisotopic (exact) mass is 252 g/mol. The standard InChI is InChI=1S/C9H13FO3S2/c1-14(2,13-15(11,12)8-10)9-6-4-3-5-7-9/h3-7H,8H2,1-2H3. The molecule has 86 valence electrons. The van der Waals surface area contributed by atoms with Gasteiger partial charge < -0.3 is 0 Å². The topological polar surface area (TPSA) is 43.4 Å². The predicted octanol–water partition coefficient (Wildman–Crippen LogP) is 2.30. The Labute approximate surface area is 90.9 Å². The predicted molar refractivity (Wildman–Crippen MR) is 60.1 cm³/mol. The molecule has 0 aliphatic carbocycles. The van der Waals surface area contributed by atoms with E-state index >= 15 is 0 Å². The minimum Gasteiger partial charge on any atom is -0.231 e. The van der Waals surface area contributed by atoms with Gasteiger partial charge in [0.05, 0.1) is 0 Å². The maximum absolute atomic E-state index is 12.1. The molecule has 0 heterocycles. The first-order chi connectivity index (χ1) is 6.87. The van der Waals surface area contributed by atoms with Gasteiger partial charge in [0.15, 0.2) is 0 Å². The van der Waals surface area contributed by atoms with Crippen LogP contribution in [0, 0.1) is 0 Å². The summed E-state index contributed by atoms with van der Waals surface area (Å²) in [4.78, 5) is 0.766. The van der Waals surface area contributed by atoms with E-state index in [2.05, 4.69) is 0 Å². The van der Waals surface area contributed by atoms with Crippen molar-refractivity contribution in [1.82, 2.24) is 0 Å². The normalized spacial score (nSPS) is 13.8. The molecule has 0 unspecified atom stereocenters. The zero-order valence-corrected chi connectivity index (χ0v) is 10.1. The van der Waals surface area contributed by atoms with Crippen LogP contribution in [0.2, 0.25) is 0 Å². The number of rotatable bonds is 4. The minimum absolute atomic E-state index is 0.766. The van der Waals surface area contributed by atoms with Crippen molar-refractivity contribution >= 4 is 20.4 Å². The zero-order chi connectivity index (χ0) is 11.5. The van der Waals surface area contributed by atoms with Gasteiger partial charge in [-0.3, -0.25) is 0 Å². The first-order valence-corrected chi connectivity index (χ1v) is 8.11. The molecule has 1 rings (SSSR count). The van der Waals surface area contributed by atoms with Crippen LogP contribution in [0.25, 0.3) is 0 Å². The molecule has 0 bridgehead atoms. The van der Waals surface area contributed by atoms with Crippen molar-refractivity contribution in [2.45, 2.75) is 4.90 Å². The van der Waals surface area contributed by atoms with Crippen molar-refractivity contribution in [3.63, 3.8) is 0 Å². The third-order valence-electron chi connectivity index (χ3n) is 1.72. The quantitative estimate of drug-likeness (QED) is 0.825. The molecule has 0 atom stereocenters. The number of alkyl halides is 1. The van der Waals surface area contributed by atoms with Crippen LogP contribution in [0.3, 0.4) is 0 Å². The number of hydrogen-bond acceptors (Lipinski definition) is 3. The van der Waals surface area contributed by atoms with Gasteiger partial charge in [-0.2, -0.15) is 8.42 Å². The molecule has 0 amide bonds. The third-order valence-corrected chi connectivity index (χ3v) is 5.58. The highest BCUT2D eigenvalue weighted by Crippen LogP contribution is 2.51. The molecule has 0 N–H and O–H groups in total. The highest BCUT2D eigenvalue weighted by atomic mass is 32.3.